The molecular weight excluding hydrogens is 258 g/mol. The second kappa shape index (κ2) is 6.61. The molecule has 0 radical (unpaired) electrons. The number of fused-ring (bicyclic) bond motifs is 1. The Balaban J connectivity index is 1.80. The van der Waals surface area contributed by atoms with Gasteiger partial charge in [-0.15, -0.1) is 0 Å². The number of anilines is 2. The largest absolute Gasteiger partial charge is 0.370 e. The molecule has 1 N–H and O–H groups in total. The predicted molar refractivity (Wildman–Crippen MR) is 88.8 cm³/mol. The summed E-state index contributed by atoms with van der Waals surface area (Å²) in [7, 11) is 0. The molecule has 110 valence electrons. The van der Waals surface area contributed by atoms with Crippen LogP contribution in [0.4, 0.5) is 11.5 Å². The van der Waals surface area contributed by atoms with Gasteiger partial charge < -0.3 is 10.2 Å². The molecule has 2 heterocycles. The zero-order valence-electron chi connectivity index (χ0n) is 12.7. The Morgan fingerprint density at radius 1 is 1.19 bits per heavy atom. The molecule has 0 bridgehead atoms. The second-order valence-corrected chi connectivity index (χ2v) is 5.62. The Kier molecular flexibility index (Phi) is 4.39. The highest BCUT2D eigenvalue weighted by molar-refractivity contribution is 5.54. The molecular formula is C18H23N3. The second-order valence-electron chi connectivity index (χ2n) is 5.62. The van der Waals surface area contributed by atoms with Crippen LogP contribution in [-0.4, -0.2) is 18.1 Å². The first-order valence-corrected chi connectivity index (χ1v) is 7.88. The maximum absolute atomic E-state index is 4.40. The minimum absolute atomic E-state index is 0.972. The normalized spacial score (nSPS) is 14.4. The zero-order valence-corrected chi connectivity index (χ0v) is 12.7. The van der Waals surface area contributed by atoms with Crippen LogP contribution in [-0.2, 0) is 13.0 Å². The van der Waals surface area contributed by atoms with E-state index in [-0.39, 0.29) is 0 Å². The summed E-state index contributed by atoms with van der Waals surface area (Å²) in [4.78, 5) is 6.86. The summed E-state index contributed by atoms with van der Waals surface area (Å²) in [5, 5.41) is 3.37. The molecule has 1 aliphatic heterocycles. The highest BCUT2D eigenvalue weighted by Gasteiger charge is 2.14. The van der Waals surface area contributed by atoms with E-state index in [4.69, 9.17) is 0 Å². The van der Waals surface area contributed by atoms with Crippen LogP contribution in [0.2, 0.25) is 0 Å². The molecule has 0 atom stereocenters. The molecule has 0 amide bonds. The van der Waals surface area contributed by atoms with Gasteiger partial charge in [-0.3, -0.25) is 0 Å². The lowest BCUT2D eigenvalue weighted by atomic mass is 10.0. The number of nitrogens with one attached hydrogen (secondary N) is 1. The number of rotatable bonds is 4. The number of pyridine rings is 1. The van der Waals surface area contributed by atoms with E-state index in [1.165, 1.54) is 29.7 Å². The lowest BCUT2D eigenvalue weighted by molar-refractivity contribution is 0.765. The number of aryl methyl sites for hydroxylation is 1. The standard InChI is InChI=1S/C18H23N3/c1-2-10-19-18-13-17(9-11-20-18)21-12-5-8-15-6-3-4-7-16(15)14-21/h3-4,6-7,9,11,13H,2,5,8,10,12,14H2,1H3,(H,19,20). The van der Waals surface area contributed by atoms with E-state index in [2.05, 4.69) is 58.5 Å². The van der Waals surface area contributed by atoms with Gasteiger partial charge in [-0.05, 0) is 36.5 Å². The first-order valence-electron chi connectivity index (χ1n) is 7.88. The summed E-state index contributed by atoms with van der Waals surface area (Å²) in [5.41, 5.74) is 4.22. The minimum atomic E-state index is 0.972. The fourth-order valence-electron chi connectivity index (χ4n) is 2.89. The van der Waals surface area contributed by atoms with Gasteiger partial charge in [-0.25, -0.2) is 4.98 Å². The van der Waals surface area contributed by atoms with Crippen LogP contribution in [0.25, 0.3) is 0 Å². The molecule has 3 nitrogen and oxygen atoms in total. The third-order valence-electron chi connectivity index (χ3n) is 4.02. The van der Waals surface area contributed by atoms with Crippen molar-refractivity contribution in [3.63, 3.8) is 0 Å². The Labute approximate surface area is 127 Å². The molecule has 0 saturated heterocycles. The molecule has 1 aromatic heterocycles. The van der Waals surface area contributed by atoms with Crippen molar-refractivity contribution >= 4 is 11.5 Å². The van der Waals surface area contributed by atoms with Crippen molar-refractivity contribution in [3.05, 3.63) is 53.7 Å². The van der Waals surface area contributed by atoms with Gasteiger partial charge in [0.2, 0.25) is 0 Å². The first-order chi connectivity index (χ1) is 10.4. The van der Waals surface area contributed by atoms with Gasteiger partial charge in [0.1, 0.15) is 5.82 Å². The van der Waals surface area contributed by atoms with Gasteiger partial charge in [-0.2, -0.15) is 0 Å². The molecule has 3 rings (SSSR count). The molecule has 3 heteroatoms. The Hall–Kier alpha value is -2.03. The van der Waals surface area contributed by atoms with Crippen molar-refractivity contribution in [2.75, 3.05) is 23.3 Å². The van der Waals surface area contributed by atoms with E-state index in [0.717, 1.165) is 31.9 Å². The number of hydrogen-bond donors (Lipinski definition) is 1. The maximum atomic E-state index is 4.40. The molecule has 0 unspecified atom stereocenters. The summed E-state index contributed by atoms with van der Waals surface area (Å²) in [5.74, 6) is 0.979. The number of benzene rings is 1. The smallest absolute Gasteiger partial charge is 0.127 e. The number of aromatic nitrogens is 1. The van der Waals surface area contributed by atoms with Crippen molar-refractivity contribution in [3.8, 4) is 0 Å². The van der Waals surface area contributed by atoms with Crippen LogP contribution < -0.4 is 10.2 Å². The zero-order chi connectivity index (χ0) is 14.5. The SMILES string of the molecule is CCCNc1cc(N2CCCc3ccccc3C2)ccn1. The van der Waals surface area contributed by atoms with E-state index >= 15 is 0 Å². The highest BCUT2D eigenvalue weighted by Crippen LogP contribution is 2.24. The molecule has 1 aromatic carbocycles. The predicted octanol–water partition coefficient (Wildman–Crippen LogP) is 3.86. The van der Waals surface area contributed by atoms with Gasteiger partial charge in [0.15, 0.2) is 0 Å². The first kappa shape index (κ1) is 13.9. The molecule has 0 saturated carbocycles. The van der Waals surface area contributed by atoms with Crippen LogP contribution in [0.5, 0.6) is 0 Å². The van der Waals surface area contributed by atoms with Gasteiger partial charge in [0.25, 0.3) is 0 Å². The monoisotopic (exact) mass is 281 g/mol. The van der Waals surface area contributed by atoms with Crippen molar-refractivity contribution in [2.45, 2.75) is 32.7 Å². The summed E-state index contributed by atoms with van der Waals surface area (Å²) < 4.78 is 0. The topological polar surface area (TPSA) is 28.2 Å². The summed E-state index contributed by atoms with van der Waals surface area (Å²) in [6.45, 7) is 5.24. The Morgan fingerprint density at radius 3 is 2.90 bits per heavy atom. The van der Waals surface area contributed by atoms with Crippen LogP contribution in [0.15, 0.2) is 42.6 Å². The Morgan fingerprint density at radius 2 is 2.05 bits per heavy atom. The average Bonchev–Trinajstić information content (AvgIpc) is 2.75. The van der Waals surface area contributed by atoms with Crippen LogP contribution in [0, 0.1) is 0 Å². The summed E-state index contributed by atoms with van der Waals surface area (Å²) in [6.07, 6.45) is 5.41. The van der Waals surface area contributed by atoms with Crippen LogP contribution >= 0.6 is 0 Å². The molecule has 21 heavy (non-hydrogen) atoms. The third-order valence-corrected chi connectivity index (χ3v) is 4.02. The van der Waals surface area contributed by atoms with E-state index < -0.39 is 0 Å². The number of nitrogens with zero attached hydrogens (tertiary/aromatic N) is 2. The quantitative estimate of drug-likeness (QED) is 0.922. The summed E-state index contributed by atoms with van der Waals surface area (Å²) >= 11 is 0. The molecule has 2 aromatic rings. The van der Waals surface area contributed by atoms with Gasteiger partial charge in [-0.1, -0.05) is 31.2 Å². The van der Waals surface area contributed by atoms with Crippen molar-refractivity contribution in [1.29, 1.82) is 0 Å². The van der Waals surface area contributed by atoms with Crippen molar-refractivity contribution in [1.82, 2.24) is 4.98 Å². The molecule has 1 aliphatic rings. The average molecular weight is 281 g/mol. The minimum Gasteiger partial charge on any atom is -0.370 e. The Bertz CT molecular complexity index is 595. The van der Waals surface area contributed by atoms with E-state index in [1.807, 2.05) is 6.20 Å². The third kappa shape index (κ3) is 3.35. The van der Waals surface area contributed by atoms with Crippen molar-refractivity contribution < 1.29 is 0 Å². The summed E-state index contributed by atoms with van der Waals surface area (Å²) in [6, 6.07) is 13.1. The fraction of sp³-hybridized carbons (Fsp3) is 0.389. The number of hydrogen-bond acceptors (Lipinski definition) is 3. The van der Waals surface area contributed by atoms with E-state index in [9.17, 15) is 0 Å². The van der Waals surface area contributed by atoms with Crippen LogP contribution in [0.1, 0.15) is 30.9 Å². The molecule has 0 spiro atoms. The fourth-order valence-corrected chi connectivity index (χ4v) is 2.89. The van der Waals surface area contributed by atoms with Gasteiger partial charge in [0, 0.05) is 37.6 Å². The van der Waals surface area contributed by atoms with Crippen molar-refractivity contribution in [2.24, 2.45) is 0 Å². The lowest BCUT2D eigenvalue weighted by Gasteiger charge is -2.23. The van der Waals surface area contributed by atoms with E-state index in [1.54, 1.807) is 0 Å². The van der Waals surface area contributed by atoms with E-state index in [0.29, 0.717) is 0 Å². The molecule has 0 aliphatic carbocycles. The van der Waals surface area contributed by atoms with Gasteiger partial charge >= 0.3 is 0 Å². The lowest BCUT2D eigenvalue weighted by Crippen LogP contribution is -2.22. The van der Waals surface area contributed by atoms with Crippen LogP contribution in [0.3, 0.4) is 0 Å². The maximum Gasteiger partial charge on any atom is 0.127 e. The highest BCUT2D eigenvalue weighted by atomic mass is 15.1. The molecule has 0 fully saturated rings. The van der Waals surface area contributed by atoms with Gasteiger partial charge in [0.05, 0.1) is 0 Å².